The van der Waals surface area contributed by atoms with E-state index in [1.165, 1.54) is 6.20 Å². The van der Waals surface area contributed by atoms with Crippen LogP contribution in [0.4, 0.5) is 0 Å². The normalized spacial score (nSPS) is 28.5. The third kappa shape index (κ3) is 2.34. The van der Waals surface area contributed by atoms with Gasteiger partial charge < -0.3 is 14.9 Å². The standard InChI is InChI=1S/C9H10BrN2O5/c10-4-2-12(9(16)11-8(4)15)7-1-5(14)6(3-13)17-7/h2-3,5-7,13-14H,1H2,(H,11,15,16)/t5-,6+,7+/m0/s1. The lowest BCUT2D eigenvalue weighted by Crippen LogP contribution is -2.32. The van der Waals surface area contributed by atoms with Crippen molar-refractivity contribution < 1.29 is 14.9 Å². The monoisotopic (exact) mass is 305 g/mol. The van der Waals surface area contributed by atoms with Crippen LogP contribution in [0.2, 0.25) is 0 Å². The predicted octanol–water partition coefficient (Wildman–Crippen LogP) is -0.518. The van der Waals surface area contributed by atoms with Crippen LogP contribution in [-0.4, -0.2) is 32.0 Å². The van der Waals surface area contributed by atoms with Gasteiger partial charge in [0.1, 0.15) is 18.9 Å². The number of aliphatic hydroxyl groups is 2. The van der Waals surface area contributed by atoms with Gasteiger partial charge >= 0.3 is 5.69 Å². The van der Waals surface area contributed by atoms with Gasteiger partial charge in [-0.2, -0.15) is 0 Å². The Morgan fingerprint density at radius 3 is 2.88 bits per heavy atom. The summed E-state index contributed by atoms with van der Waals surface area (Å²) in [5, 5.41) is 18.3. The van der Waals surface area contributed by atoms with E-state index >= 15 is 0 Å². The summed E-state index contributed by atoms with van der Waals surface area (Å²) in [6, 6.07) is 0. The van der Waals surface area contributed by atoms with Crippen LogP contribution in [0.5, 0.6) is 0 Å². The number of aromatic nitrogens is 2. The smallest absolute Gasteiger partial charge is 0.330 e. The lowest BCUT2D eigenvalue weighted by Gasteiger charge is -2.14. The van der Waals surface area contributed by atoms with Crippen LogP contribution in [-0.2, 0) is 4.74 Å². The zero-order chi connectivity index (χ0) is 12.6. The van der Waals surface area contributed by atoms with Crippen molar-refractivity contribution in [2.45, 2.75) is 24.9 Å². The van der Waals surface area contributed by atoms with Crippen molar-refractivity contribution in [1.82, 2.24) is 9.55 Å². The molecule has 0 saturated carbocycles. The maximum Gasteiger partial charge on any atom is 0.330 e. The van der Waals surface area contributed by atoms with Crippen LogP contribution < -0.4 is 11.2 Å². The van der Waals surface area contributed by atoms with Gasteiger partial charge in [-0.15, -0.1) is 0 Å². The molecule has 2 rings (SSSR count). The van der Waals surface area contributed by atoms with E-state index in [4.69, 9.17) is 9.84 Å². The summed E-state index contributed by atoms with van der Waals surface area (Å²) < 4.78 is 6.59. The Morgan fingerprint density at radius 1 is 1.59 bits per heavy atom. The molecule has 1 aliphatic rings. The molecule has 7 nitrogen and oxygen atoms in total. The molecule has 17 heavy (non-hydrogen) atoms. The van der Waals surface area contributed by atoms with Crippen LogP contribution >= 0.6 is 15.9 Å². The van der Waals surface area contributed by atoms with Gasteiger partial charge in [-0.1, -0.05) is 0 Å². The van der Waals surface area contributed by atoms with Crippen molar-refractivity contribution in [1.29, 1.82) is 0 Å². The second-order valence-electron chi connectivity index (χ2n) is 3.65. The van der Waals surface area contributed by atoms with Gasteiger partial charge in [-0.3, -0.25) is 14.3 Å². The molecule has 2 heterocycles. The predicted molar refractivity (Wildman–Crippen MR) is 59.8 cm³/mol. The van der Waals surface area contributed by atoms with Gasteiger partial charge in [-0.25, -0.2) is 4.79 Å². The van der Waals surface area contributed by atoms with Gasteiger partial charge in [0.25, 0.3) is 5.56 Å². The molecule has 1 fully saturated rings. The number of aromatic amines is 1. The molecule has 3 N–H and O–H groups in total. The van der Waals surface area contributed by atoms with Crippen LogP contribution in [0.25, 0.3) is 0 Å². The number of hydrogen-bond acceptors (Lipinski definition) is 5. The summed E-state index contributed by atoms with van der Waals surface area (Å²) in [5.41, 5.74) is -1.16. The molecule has 0 amide bonds. The number of nitrogens with zero attached hydrogens (tertiary/aromatic N) is 1. The highest BCUT2D eigenvalue weighted by Gasteiger charge is 2.35. The summed E-state index contributed by atoms with van der Waals surface area (Å²) >= 11 is 3.00. The Hall–Kier alpha value is -0.960. The Morgan fingerprint density at radius 2 is 2.29 bits per heavy atom. The fraction of sp³-hybridized carbons (Fsp3) is 0.444. The van der Waals surface area contributed by atoms with Gasteiger partial charge in [0.2, 0.25) is 0 Å². The number of halogens is 1. The largest absolute Gasteiger partial charge is 0.390 e. The van der Waals surface area contributed by atoms with Crippen LogP contribution in [0.1, 0.15) is 12.6 Å². The molecule has 93 valence electrons. The zero-order valence-electron chi connectivity index (χ0n) is 8.54. The summed E-state index contributed by atoms with van der Waals surface area (Å²) in [7, 11) is 0. The molecule has 1 aromatic heterocycles. The first-order chi connectivity index (χ1) is 8.02. The number of ether oxygens (including phenoxy) is 1. The molecule has 1 aliphatic heterocycles. The molecule has 0 bridgehead atoms. The van der Waals surface area contributed by atoms with Crippen LogP contribution in [0, 0.1) is 6.61 Å². The molecule has 0 aromatic carbocycles. The fourth-order valence-electron chi connectivity index (χ4n) is 1.66. The number of hydrogen-bond donors (Lipinski definition) is 3. The molecular formula is C9H10BrN2O5. The molecule has 0 aliphatic carbocycles. The van der Waals surface area contributed by atoms with Crippen molar-refractivity contribution >= 4 is 15.9 Å². The molecular weight excluding hydrogens is 296 g/mol. The van der Waals surface area contributed by atoms with Crippen molar-refractivity contribution in [3.05, 3.63) is 38.1 Å². The van der Waals surface area contributed by atoms with E-state index in [2.05, 4.69) is 20.9 Å². The van der Waals surface area contributed by atoms with Gasteiger partial charge in [0.15, 0.2) is 0 Å². The minimum atomic E-state index is -0.886. The lowest BCUT2D eigenvalue weighted by atomic mass is 10.2. The minimum absolute atomic E-state index is 0.153. The Balaban J connectivity index is 2.34. The first-order valence-electron chi connectivity index (χ1n) is 4.85. The second-order valence-corrected chi connectivity index (χ2v) is 4.51. The van der Waals surface area contributed by atoms with Crippen molar-refractivity contribution in [3.63, 3.8) is 0 Å². The molecule has 0 unspecified atom stereocenters. The van der Waals surface area contributed by atoms with Gasteiger partial charge in [0, 0.05) is 12.6 Å². The van der Waals surface area contributed by atoms with Crippen LogP contribution in [0.15, 0.2) is 20.3 Å². The average molecular weight is 306 g/mol. The van der Waals surface area contributed by atoms with E-state index in [9.17, 15) is 14.7 Å². The van der Waals surface area contributed by atoms with Crippen LogP contribution in [0.3, 0.4) is 0 Å². The number of aliphatic hydroxyl groups excluding tert-OH is 2. The number of rotatable bonds is 2. The zero-order valence-corrected chi connectivity index (χ0v) is 10.1. The molecule has 0 spiro atoms. The van der Waals surface area contributed by atoms with Gasteiger partial charge in [0.05, 0.1) is 10.6 Å². The van der Waals surface area contributed by atoms with E-state index in [0.29, 0.717) is 0 Å². The first kappa shape index (κ1) is 12.5. The van der Waals surface area contributed by atoms with Crippen molar-refractivity contribution in [2.75, 3.05) is 0 Å². The highest BCUT2D eigenvalue weighted by molar-refractivity contribution is 9.10. The SMILES string of the molecule is O=c1[nH]c(=O)n([C@H]2C[C@H](O)[C@@H]([CH]O)O2)cc1Br. The molecule has 1 saturated heterocycles. The van der Waals surface area contributed by atoms with Crippen molar-refractivity contribution in [3.8, 4) is 0 Å². The van der Waals surface area contributed by atoms with E-state index < -0.39 is 29.7 Å². The maximum atomic E-state index is 11.5. The first-order valence-corrected chi connectivity index (χ1v) is 5.64. The second kappa shape index (κ2) is 4.73. The summed E-state index contributed by atoms with van der Waals surface area (Å²) in [4.78, 5) is 24.8. The van der Waals surface area contributed by atoms with E-state index in [0.717, 1.165) is 11.2 Å². The number of H-pyrrole nitrogens is 1. The number of nitrogens with one attached hydrogen (secondary N) is 1. The summed E-state index contributed by atoms with van der Waals surface area (Å²) in [6.07, 6.45) is -1.00. The van der Waals surface area contributed by atoms with E-state index in [-0.39, 0.29) is 10.9 Å². The third-order valence-electron chi connectivity index (χ3n) is 2.52. The van der Waals surface area contributed by atoms with Crippen molar-refractivity contribution in [2.24, 2.45) is 0 Å². The molecule has 3 atom stereocenters. The Kier molecular flexibility index (Phi) is 3.48. The summed E-state index contributed by atoms with van der Waals surface area (Å²) in [6.45, 7) is 0.733. The fourth-order valence-corrected chi connectivity index (χ4v) is 1.98. The summed E-state index contributed by atoms with van der Waals surface area (Å²) in [5.74, 6) is 0. The minimum Gasteiger partial charge on any atom is -0.390 e. The quantitative estimate of drug-likeness (QED) is 0.682. The average Bonchev–Trinajstić information content (AvgIpc) is 2.65. The third-order valence-corrected chi connectivity index (χ3v) is 3.08. The maximum absolute atomic E-state index is 11.5. The molecule has 1 aromatic rings. The molecule has 8 heteroatoms. The Labute approximate surface area is 104 Å². The highest BCUT2D eigenvalue weighted by Crippen LogP contribution is 2.28. The highest BCUT2D eigenvalue weighted by atomic mass is 79.9. The topological polar surface area (TPSA) is 105 Å². The lowest BCUT2D eigenvalue weighted by molar-refractivity contribution is -0.0234. The molecule has 1 radical (unpaired) electrons. The van der Waals surface area contributed by atoms with Gasteiger partial charge in [-0.05, 0) is 15.9 Å². The van der Waals surface area contributed by atoms with E-state index in [1.807, 2.05) is 0 Å². The Bertz CT molecular complexity index is 525. The van der Waals surface area contributed by atoms with E-state index in [1.54, 1.807) is 0 Å².